The minimum absolute atomic E-state index is 0.00355. The summed E-state index contributed by atoms with van der Waals surface area (Å²) in [4.78, 5) is 42.9. The molecule has 2 aromatic heterocycles. The molecule has 6 rings (SSSR count). The van der Waals surface area contributed by atoms with Crippen molar-refractivity contribution in [2.75, 3.05) is 0 Å². The maximum atomic E-state index is 14.9. The number of esters is 1. The van der Waals surface area contributed by atoms with Crippen molar-refractivity contribution in [3.8, 4) is 11.4 Å². The van der Waals surface area contributed by atoms with Gasteiger partial charge in [-0.15, -0.1) is 0 Å². The van der Waals surface area contributed by atoms with Gasteiger partial charge < -0.3 is 29.9 Å². The molecule has 1 aliphatic carbocycles. The number of rotatable bonds is 3. The lowest BCUT2D eigenvalue weighted by Gasteiger charge is -2.31. The minimum Gasteiger partial charge on any atom is -0.458 e. The van der Waals surface area contributed by atoms with Gasteiger partial charge in [-0.2, -0.15) is 0 Å². The van der Waals surface area contributed by atoms with Crippen molar-refractivity contribution in [3.05, 3.63) is 61.7 Å². The number of aryl methyl sites for hydroxylation is 1. The van der Waals surface area contributed by atoms with E-state index >= 15 is 0 Å². The van der Waals surface area contributed by atoms with Crippen molar-refractivity contribution in [2.45, 2.75) is 64.2 Å². The number of benzene rings is 1. The normalized spacial score (nSPS) is 21.5. The number of cyclic esters (lactones) is 1. The smallest absolute Gasteiger partial charge is 0.343 e. The molecule has 0 fully saturated rings. The van der Waals surface area contributed by atoms with Crippen LogP contribution in [0.2, 0.25) is 0 Å². The van der Waals surface area contributed by atoms with Gasteiger partial charge in [-0.1, -0.05) is 6.92 Å². The lowest BCUT2D eigenvalue weighted by molar-refractivity contribution is -0.172. The number of pyridine rings is 2. The Morgan fingerprint density at radius 2 is 2.05 bits per heavy atom. The average molecular weight is 509 g/mol. The molecule has 0 radical (unpaired) electrons. The van der Waals surface area contributed by atoms with Crippen LogP contribution in [0.15, 0.2) is 16.9 Å². The number of hydrogen-bond donors (Lipinski definition) is 4. The number of fused-ring (bicyclic) bond motifs is 5. The first kappa shape index (κ1) is 23.7. The monoisotopic (exact) mass is 509 g/mol. The summed E-state index contributed by atoms with van der Waals surface area (Å²) in [5, 5.41) is 33.2. The van der Waals surface area contributed by atoms with Crippen LogP contribution in [0.3, 0.4) is 0 Å². The fraction of sp³-hybridized carbons (Fsp3) is 0.385. The first-order valence-electron chi connectivity index (χ1n) is 12.0. The van der Waals surface area contributed by atoms with Gasteiger partial charge in [0.2, 0.25) is 6.29 Å². The van der Waals surface area contributed by atoms with Gasteiger partial charge >= 0.3 is 5.97 Å². The van der Waals surface area contributed by atoms with E-state index in [0.29, 0.717) is 51.8 Å². The molecular formula is C26H24FN3O7. The lowest BCUT2D eigenvalue weighted by atomic mass is 9.81. The Hall–Kier alpha value is -3.67. The maximum Gasteiger partial charge on any atom is 0.343 e. The number of carbonyl (C=O) groups excluding carboxylic acids is 2. The van der Waals surface area contributed by atoms with Crippen LogP contribution in [-0.2, 0) is 39.5 Å². The number of aliphatic hydroxyl groups excluding tert-OH is 1. The third kappa shape index (κ3) is 3.14. The number of hydrogen-bond acceptors (Lipinski definition) is 8. The molecule has 4 N–H and O–H groups in total. The molecule has 1 aromatic carbocycles. The number of aromatic nitrogens is 2. The van der Waals surface area contributed by atoms with Gasteiger partial charge in [-0.25, -0.2) is 14.2 Å². The Bertz CT molecular complexity index is 1610. The number of aliphatic hydroxyl groups is 3. The highest BCUT2D eigenvalue weighted by atomic mass is 19.1. The van der Waals surface area contributed by atoms with E-state index in [2.05, 4.69) is 5.32 Å². The molecule has 2 atom stereocenters. The lowest BCUT2D eigenvalue weighted by Crippen LogP contribution is -2.44. The standard InChI is InChI=1S/C26H24FN3O7/c1-3-26(36)14-6-18-21-12(8-30(18)23(32)13(14)9-37-25(26)35)20-16(29-22(31)24(33)34)5-4-11-10(2)15(27)7-17(28-21)19(11)20/h6-7,16,24,33-34,36H,3-5,8-9H2,1-2H3,(H,29,31)/t16?,26-/m0/s1. The molecule has 1 unspecified atom stereocenters. The zero-order chi connectivity index (χ0) is 26.4. The summed E-state index contributed by atoms with van der Waals surface area (Å²) in [5.41, 5.74) is 1.46. The Morgan fingerprint density at radius 3 is 2.76 bits per heavy atom. The molecule has 0 spiro atoms. The van der Waals surface area contributed by atoms with Gasteiger partial charge in [0.05, 0.1) is 35.1 Å². The predicted octanol–water partition coefficient (Wildman–Crippen LogP) is 0.941. The second kappa shape index (κ2) is 7.91. The molecule has 4 heterocycles. The Kier molecular flexibility index (Phi) is 5.07. The highest BCUT2D eigenvalue weighted by Gasteiger charge is 2.46. The van der Waals surface area contributed by atoms with Crippen molar-refractivity contribution in [1.29, 1.82) is 0 Å². The van der Waals surface area contributed by atoms with E-state index in [1.54, 1.807) is 19.9 Å². The van der Waals surface area contributed by atoms with Gasteiger partial charge in [-0.05, 0) is 48.9 Å². The summed E-state index contributed by atoms with van der Waals surface area (Å²) < 4.78 is 21.5. The number of carbonyl (C=O) groups is 2. The zero-order valence-electron chi connectivity index (χ0n) is 20.1. The highest BCUT2D eigenvalue weighted by Crippen LogP contribution is 2.45. The van der Waals surface area contributed by atoms with Crippen molar-refractivity contribution in [3.63, 3.8) is 0 Å². The van der Waals surface area contributed by atoms with Gasteiger partial charge in [0, 0.05) is 22.6 Å². The minimum atomic E-state index is -2.21. The number of halogens is 1. The first-order valence-corrected chi connectivity index (χ1v) is 12.0. The van der Waals surface area contributed by atoms with E-state index < -0.39 is 41.2 Å². The molecule has 10 nitrogen and oxygen atoms in total. The predicted molar refractivity (Wildman–Crippen MR) is 127 cm³/mol. The van der Waals surface area contributed by atoms with E-state index in [0.717, 1.165) is 5.56 Å². The number of nitrogens with one attached hydrogen (secondary N) is 1. The molecule has 11 heteroatoms. The van der Waals surface area contributed by atoms with Crippen LogP contribution < -0.4 is 10.9 Å². The molecule has 2 aliphatic heterocycles. The quantitative estimate of drug-likeness (QED) is 0.235. The molecule has 192 valence electrons. The summed E-state index contributed by atoms with van der Waals surface area (Å²) in [6.45, 7) is 3.11. The number of ether oxygens (including phenoxy) is 1. The van der Waals surface area contributed by atoms with Gasteiger partial charge in [0.1, 0.15) is 12.4 Å². The van der Waals surface area contributed by atoms with Gasteiger partial charge in [0.15, 0.2) is 5.60 Å². The number of amides is 1. The number of nitrogens with zero attached hydrogens (tertiary/aromatic N) is 2. The van der Waals surface area contributed by atoms with Crippen molar-refractivity contribution >= 4 is 22.8 Å². The van der Waals surface area contributed by atoms with E-state index in [1.807, 2.05) is 0 Å². The Labute approximate surface area is 209 Å². The Morgan fingerprint density at radius 1 is 1.30 bits per heavy atom. The fourth-order valence-corrected chi connectivity index (χ4v) is 5.95. The van der Waals surface area contributed by atoms with E-state index in [1.165, 1.54) is 10.6 Å². The summed E-state index contributed by atoms with van der Waals surface area (Å²) >= 11 is 0. The summed E-state index contributed by atoms with van der Waals surface area (Å²) in [6, 6.07) is 2.24. The third-order valence-corrected chi connectivity index (χ3v) is 7.93. The van der Waals surface area contributed by atoms with Gasteiger partial charge in [0.25, 0.3) is 11.5 Å². The topological polar surface area (TPSA) is 151 Å². The molecule has 1 amide bonds. The van der Waals surface area contributed by atoms with Crippen LogP contribution in [0.1, 0.15) is 59.2 Å². The molecule has 0 saturated heterocycles. The van der Waals surface area contributed by atoms with E-state index in [9.17, 15) is 34.1 Å². The third-order valence-electron chi connectivity index (χ3n) is 7.93. The van der Waals surface area contributed by atoms with E-state index in [4.69, 9.17) is 9.72 Å². The molecule has 0 bridgehead atoms. The summed E-state index contributed by atoms with van der Waals surface area (Å²) in [6.07, 6.45) is -1.40. The summed E-state index contributed by atoms with van der Waals surface area (Å²) in [5.74, 6) is -2.24. The van der Waals surface area contributed by atoms with Crippen LogP contribution in [0.4, 0.5) is 4.39 Å². The van der Waals surface area contributed by atoms with E-state index in [-0.39, 0.29) is 30.7 Å². The van der Waals surface area contributed by atoms with Crippen molar-refractivity contribution in [1.82, 2.24) is 14.9 Å². The van der Waals surface area contributed by atoms with Crippen LogP contribution in [0.5, 0.6) is 0 Å². The molecule has 3 aliphatic rings. The van der Waals surface area contributed by atoms with Crippen LogP contribution in [-0.4, -0.2) is 43.0 Å². The van der Waals surface area contributed by atoms with Crippen LogP contribution in [0.25, 0.3) is 22.3 Å². The largest absolute Gasteiger partial charge is 0.458 e. The van der Waals surface area contributed by atoms with Crippen LogP contribution in [0, 0.1) is 12.7 Å². The van der Waals surface area contributed by atoms with Crippen molar-refractivity contribution < 1.29 is 34.0 Å². The molecular weight excluding hydrogens is 485 g/mol. The molecule has 3 aromatic rings. The summed E-state index contributed by atoms with van der Waals surface area (Å²) in [7, 11) is 0. The van der Waals surface area contributed by atoms with Gasteiger partial charge in [-0.3, -0.25) is 9.59 Å². The average Bonchev–Trinajstić information content (AvgIpc) is 3.24. The highest BCUT2D eigenvalue weighted by molar-refractivity contribution is 5.94. The van der Waals surface area contributed by atoms with Crippen molar-refractivity contribution in [2.24, 2.45) is 0 Å². The maximum absolute atomic E-state index is 14.9. The first-order chi connectivity index (χ1) is 17.6. The fourth-order valence-electron chi connectivity index (χ4n) is 5.95. The Balaban J connectivity index is 1.65. The van der Waals surface area contributed by atoms with Crippen LogP contribution >= 0.6 is 0 Å². The second-order valence-corrected chi connectivity index (χ2v) is 9.79. The molecule has 37 heavy (non-hydrogen) atoms. The SMILES string of the molecule is CC[C@@]1(O)C(=O)OCc2c1cc1n(c2=O)Cc2c-1nc1cc(F)c(C)c3c1c2C(NC(=O)C(O)O)CC3. The zero-order valence-corrected chi connectivity index (χ0v) is 20.1. The second-order valence-electron chi connectivity index (χ2n) is 9.79. The molecule has 0 saturated carbocycles.